The van der Waals surface area contributed by atoms with Crippen LogP contribution in [0.1, 0.15) is 91.0 Å². The Morgan fingerprint density at radius 1 is 0.719 bits per heavy atom. The van der Waals surface area contributed by atoms with Gasteiger partial charge in [-0.15, -0.1) is 11.8 Å². The number of sulfone groups is 1. The summed E-state index contributed by atoms with van der Waals surface area (Å²) in [5.74, 6) is -1.18. The van der Waals surface area contributed by atoms with Crippen LogP contribution in [-0.2, 0) is 34.2 Å². The van der Waals surface area contributed by atoms with Crippen molar-refractivity contribution >= 4 is 89.5 Å². The minimum absolute atomic E-state index is 0.0162. The number of likely N-dealkylation sites (tertiary alicyclic amines) is 1. The molecule has 0 unspecified atom stereocenters. The number of imide groups is 1. The molecule has 4 N–H and O–H groups in total. The number of piperazine rings is 2. The van der Waals surface area contributed by atoms with Crippen LogP contribution in [0.25, 0.3) is 5.57 Å². The lowest BCUT2D eigenvalue weighted by Crippen LogP contribution is -2.52. The van der Waals surface area contributed by atoms with Gasteiger partial charge in [-0.3, -0.25) is 34.3 Å². The number of ether oxygens (including phenoxy) is 1. The zero-order valence-corrected chi connectivity index (χ0v) is 57.4. The molecule has 5 aromatic carbocycles. The summed E-state index contributed by atoms with van der Waals surface area (Å²) in [7, 11) is -11.0. The highest BCUT2D eigenvalue weighted by Gasteiger charge is 2.49. The fourth-order valence-corrected chi connectivity index (χ4v) is 17.2. The van der Waals surface area contributed by atoms with Gasteiger partial charge in [-0.25, -0.2) is 21.6 Å². The Bertz CT molecular complexity index is 3790. The average Bonchev–Trinajstić information content (AvgIpc) is 0.783. The van der Waals surface area contributed by atoms with Gasteiger partial charge in [-0.2, -0.15) is 13.2 Å². The predicted molar refractivity (Wildman–Crippen MR) is 369 cm³/mol. The van der Waals surface area contributed by atoms with Crippen LogP contribution in [0.5, 0.6) is 0 Å². The van der Waals surface area contributed by atoms with Gasteiger partial charge in [-0.1, -0.05) is 54.4 Å². The first-order valence-electron chi connectivity index (χ1n) is 33.3. The fourth-order valence-electron chi connectivity index (χ4n) is 14.0. The van der Waals surface area contributed by atoms with E-state index in [4.69, 9.17) is 16.3 Å². The molecule has 4 amide bonds. The molecule has 3 atom stereocenters. The van der Waals surface area contributed by atoms with Crippen LogP contribution in [0, 0.1) is 11.3 Å². The molecule has 26 heteroatoms. The van der Waals surface area contributed by atoms with Gasteiger partial charge in [-0.05, 0) is 178 Å². The zero-order valence-electron chi connectivity index (χ0n) is 54.2. The number of piperidine rings is 2. The number of carbonyl (C=O) groups is 4. The highest BCUT2D eigenvalue weighted by atomic mass is 35.5. The summed E-state index contributed by atoms with van der Waals surface area (Å²) in [6.45, 7) is 17.4. The zero-order chi connectivity index (χ0) is 67.6. The maximum atomic E-state index is 14.4. The summed E-state index contributed by atoms with van der Waals surface area (Å²) in [5.41, 5.74) is 0.301. The van der Waals surface area contributed by atoms with Crippen molar-refractivity contribution in [2.45, 2.75) is 97.0 Å². The van der Waals surface area contributed by atoms with E-state index in [0.717, 1.165) is 145 Å². The number of hydrogen-bond acceptors (Lipinski definition) is 17. The van der Waals surface area contributed by atoms with Gasteiger partial charge >= 0.3 is 5.51 Å². The number of benzene rings is 5. The smallest absolute Gasteiger partial charge is 0.380 e. The van der Waals surface area contributed by atoms with E-state index in [1.54, 1.807) is 24.3 Å². The molecule has 5 heterocycles. The van der Waals surface area contributed by atoms with Crippen molar-refractivity contribution < 1.29 is 53.9 Å². The van der Waals surface area contributed by atoms with Crippen molar-refractivity contribution in [3.63, 3.8) is 0 Å². The molecule has 5 fully saturated rings. The topological polar surface area (TPSA) is 213 Å². The van der Waals surface area contributed by atoms with E-state index in [9.17, 15) is 49.2 Å². The molecule has 0 radical (unpaired) electrons. The molecule has 516 valence electrons. The standard InChI is InChI=1S/C70H86ClF3N10O9S3/c1-69(49-82-30-25-50(26-31-82)46-80-33-37-83(38-34-80)57-16-10-52(11-17-57)66(86)76-63-22-23-65(85)77-68(63)88)28-24-61(51-8-14-55(71)15-9-51)54(45-69)47-81-35-39-84(40-36-81)58-18-12-53(13-19-58)67(87)78-96(91,92)60-20-21-62(64(44-60)95(89,90)70(72,73)74)75-56(48-94-59-6-3-2-4-7-59)27-32-79-29-5-42-93-43-41-79/h2-4,6-21,44,50,56,63,75H,5,22-43,45-49H2,1H3,(H,76,86)(H,78,87)(H,77,85,88)/t56-,63+,69-/m1/s1. The fraction of sp³-hybridized carbons (Fsp3) is 0.486. The largest absolute Gasteiger partial charge is 0.501 e. The maximum Gasteiger partial charge on any atom is 0.501 e. The normalized spacial score (nSPS) is 21.5. The van der Waals surface area contributed by atoms with Gasteiger partial charge in [0.05, 0.1) is 17.2 Å². The number of alkyl halides is 3. The van der Waals surface area contributed by atoms with Crippen molar-refractivity contribution in [3.05, 3.63) is 149 Å². The van der Waals surface area contributed by atoms with Gasteiger partial charge in [0.15, 0.2) is 0 Å². The first-order chi connectivity index (χ1) is 46.0. The van der Waals surface area contributed by atoms with E-state index in [1.165, 1.54) is 40.6 Å². The molecule has 5 aliphatic heterocycles. The van der Waals surface area contributed by atoms with Crippen molar-refractivity contribution in [1.29, 1.82) is 0 Å². The first kappa shape index (κ1) is 70.8. The van der Waals surface area contributed by atoms with Crippen LogP contribution >= 0.6 is 23.4 Å². The number of nitrogens with one attached hydrogen (secondary N) is 4. The molecular weight excluding hydrogens is 1310 g/mol. The number of sulfonamides is 1. The minimum Gasteiger partial charge on any atom is -0.380 e. The molecule has 11 rings (SSSR count). The summed E-state index contributed by atoms with van der Waals surface area (Å²) >= 11 is 7.85. The van der Waals surface area contributed by atoms with Crippen LogP contribution in [0.15, 0.2) is 142 Å². The molecule has 0 aromatic heterocycles. The second-order valence-corrected chi connectivity index (χ2v) is 31.6. The van der Waals surface area contributed by atoms with Crippen molar-refractivity contribution in [1.82, 2.24) is 35.0 Å². The number of carbonyl (C=O) groups excluding carboxylic acids is 4. The second-order valence-electron chi connectivity index (χ2n) is 26.5. The Hall–Kier alpha value is -6.55. The monoisotopic (exact) mass is 1400 g/mol. The summed E-state index contributed by atoms with van der Waals surface area (Å²) < 4.78 is 105. The Labute approximate surface area is 570 Å². The van der Waals surface area contributed by atoms with Crippen molar-refractivity contribution in [2.24, 2.45) is 11.3 Å². The number of nitrogens with zero attached hydrogens (tertiary/aromatic N) is 6. The van der Waals surface area contributed by atoms with Gasteiger partial charge in [0.2, 0.25) is 11.8 Å². The second kappa shape index (κ2) is 31.5. The molecule has 0 spiro atoms. The SMILES string of the molecule is C[C@@]1(CN2CCC(CN3CCN(c4ccc(C(=O)N[C@H]5CCC(=O)NC5=O)cc4)CC3)CC2)CCC(c2ccc(Cl)cc2)=C(CN2CCN(c3ccc(C(=O)NS(=O)(=O)c4ccc(N[C@H](CCN5CCCOCC5)CSc5ccccc5)c(S(=O)(=O)C(F)(F)F)c4)cc3)CC2)C1. The van der Waals surface area contributed by atoms with Crippen LogP contribution in [0.3, 0.4) is 0 Å². The maximum absolute atomic E-state index is 14.4. The van der Waals surface area contributed by atoms with E-state index in [2.05, 4.69) is 64.4 Å². The number of amides is 4. The summed E-state index contributed by atoms with van der Waals surface area (Å²) in [6, 6.07) is 32.7. The van der Waals surface area contributed by atoms with Crippen molar-refractivity contribution in [2.75, 3.05) is 139 Å². The van der Waals surface area contributed by atoms with E-state index >= 15 is 0 Å². The Balaban J connectivity index is 0.661. The Morgan fingerprint density at radius 3 is 2.01 bits per heavy atom. The quantitative estimate of drug-likeness (QED) is 0.0354. The highest BCUT2D eigenvalue weighted by Crippen LogP contribution is 2.45. The highest BCUT2D eigenvalue weighted by molar-refractivity contribution is 7.99. The lowest BCUT2D eigenvalue weighted by atomic mass is 9.71. The summed E-state index contributed by atoms with van der Waals surface area (Å²) in [6.07, 6.45) is 7.09. The van der Waals surface area contributed by atoms with Gasteiger partial charge in [0.1, 0.15) is 10.9 Å². The predicted octanol–water partition coefficient (Wildman–Crippen LogP) is 9.27. The molecule has 19 nitrogen and oxygen atoms in total. The third-order valence-electron chi connectivity index (χ3n) is 19.5. The number of halogens is 4. The van der Waals surface area contributed by atoms with Crippen LogP contribution < -0.4 is 30.5 Å². The van der Waals surface area contributed by atoms with Gasteiger partial charge < -0.3 is 35.0 Å². The molecule has 6 aliphatic rings. The molecule has 0 bridgehead atoms. The third kappa shape index (κ3) is 18.4. The lowest BCUT2D eigenvalue weighted by molar-refractivity contribution is -0.134. The lowest BCUT2D eigenvalue weighted by Gasteiger charge is -2.44. The summed E-state index contributed by atoms with van der Waals surface area (Å²) in [5, 5.41) is 8.76. The van der Waals surface area contributed by atoms with Crippen LogP contribution in [0.4, 0.5) is 30.2 Å². The van der Waals surface area contributed by atoms with Crippen LogP contribution in [0.2, 0.25) is 5.02 Å². The van der Waals surface area contributed by atoms with E-state index in [-0.39, 0.29) is 29.2 Å². The molecule has 5 saturated heterocycles. The van der Waals surface area contributed by atoms with Crippen molar-refractivity contribution in [3.8, 4) is 0 Å². The molecule has 5 aromatic rings. The van der Waals surface area contributed by atoms with Gasteiger partial charge in [0.25, 0.3) is 31.7 Å². The number of thioether (sulfide) groups is 1. The average molecular weight is 1400 g/mol. The Morgan fingerprint density at radius 2 is 1.36 bits per heavy atom. The minimum atomic E-state index is -6.10. The van der Waals surface area contributed by atoms with Gasteiger partial charge in [0, 0.05) is 149 Å². The number of rotatable bonds is 23. The molecular formula is C70H86ClF3N10O9S3. The molecule has 96 heavy (non-hydrogen) atoms. The van der Waals surface area contributed by atoms with E-state index in [1.807, 2.05) is 59.3 Å². The summed E-state index contributed by atoms with van der Waals surface area (Å²) in [4.78, 5) is 63.6. The third-order valence-corrected chi connectivity index (χ3v) is 23.8. The van der Waals surface area contributed by atoms with E-state index < -0.39 is 64.7 Å². The molecule has 0 saturated carbocycles. The number of anilines is 3. The van der Waals surface area contributed by atoms with E-state index in [0.29, 0.717) is 80.6 Å². The Kier molecular flexibility index (Phi) is 23.2. The molecule has 1 aliphatic carbocycles. The number of allylic oxidation sites excluding steroid dienone is 1. The van der Waals surface area contributed by atoms with Crippen LogP contribution in [-0.4, -0.2) is 201 Å². The number of hydrogen-bond donors (Lipinski definition) is 4. The first-order valence-corrected chi connectivity index (χ1v) is 37.6.